The van der Waals surface area contributed by atoms with E-state index in [-0.39, 0.29) is 11.8 Å². The molecule has 2 aliphatic heterocycles. The number of halogens is 6. The molecule has 14 heteroatoms. The Bertz CT molecular complexity index is 1320. The van der Waals surface area contributed by atoms with Crippen LogP contribution in [0.4, 0.5) is 37.8 Å². The van der Waals surface area contributed by atoms with E-state index in [1.54, 1.807) is 6.07 Å². The normalized spacial score (nSPS) is 19.6. The van der Waals surface area contributed by atoms with Gasteiger partial charge in [0.15, 0.2) is 0 Å². The number of amides is 1. The lowest BCUT2D eigenvalue weighted by atomic mass is 9.77. The van der Waals surface area contributed by atoms with E-state index in [1.165, 1.54) is 32.0 Å². The van der Waals surface area contributed by atoms with Crippen molar-refractivity contribution in [2.24, 2.45) is 0 Å². The molecule has 7 nitrogen and oxygen atoms in total. The number of aromatic nitrogens is 1. The van der Waals surface area contributed by atoms with Crippen LogP contribution >= 0.6 is 0 Å². The largest absolute Gasteiger partial charge is 0.497 e. The van der Waals surface area contributed by atoms with Crippen molar-refractivity contribution in [3.05, 3.63) is 47.2 Å². The third-order valence-electron chi connectivity index (χ3n) is 8.74. The number of hydrogen-bond acceptors (Lipinski definition) is 6. The molecule has 0 atom stereocenters. The predicted molar refractivity (Wildman–Crippen MR) is 153 cm³/mol. The number of carbonyl (C=O) groups is 1. The Morgan fingerprint density at radius 2 is 1.33 bits per heavy atom. The monoisotopic (exact) mass is 614 g/mol. The van der Waals surface area contributed by atoms with E-state index >= 15 is 0 Å². The minimum Gasteiger partial charge on any atom is -0.399 e. The zero-order valence-corrected chi connectivity index (χ0v) is 25.6. The van der Waals surface area contributed by atoms with Gasteiger partial charge in [-0.2, -0.15) is 26.3 Å². The van der Waals surface area contributed by atoms with Gasteiger partial charge < -0.3 is 24.0 Å². The molecule has 1 aromatic heterocycles. The van der Waals surface area contributed by atoms with Gasteiger partial charge >= 0.3 is 19.5 Å². The smallest absolute Gasteiger partial charge is 0.399 e. The Hall–Kier alpha value is -2.84. The van der Waals surface area contributed by atoms with Crippen LogP contribution in [0.2, 0.25) is 0 Å². The molecule has 1 amide bonds. The lowest BCUT2D eigenvalue weighted by molar-refractivity contribution is -0.143. The summed E-state index contributed by atoms with van der Waals surface area (Å²) in [5, 5.41) is 0. The second-order valence-electron chi connectivity index (χ2n) is 12.8. The van der Waals surface area contributed by atoms with E-state index in [4.69, 9.17) is 9.31 Å². The van der Waals surface area contributed by atoms with Crippen molar-refractivity contribution in [2.45, 2.75) is 70.5 Å². The lowest BCUT2D eigenvalue weighted by Crippen LogP contribution is -2.47. The molecule has 1 aromatic carbocycles. The molecule has 0 unspecified atom stereocenters. The summed E-state index contributed by atoms with van der Waals surface area (Å²) in [5.41, 5.74) is -5.91. The first-order chi connectivity index (χ1) is 19.5. The van der Waals surface area contributed by atoms with Gasteiger partial charge in [0.2, 0.25) is 5.91 Å². The molecule has 0 saturated carbocycles. The number of anilines is 2. The number of likely N-dealkylation sites (N-methyl/N-ethyl adjacent to an activating group) is 2. The first kappa shape index (κ1) is 33.1. The third-order valence-corrected chi connectivity index (χ3v) is 8.74. The number of rotatable bonds is 5. The van der Waals surface area contributed by atoms with Crippen molar-refractivity contribution in [1.29, 1.82) is 0 Å². The maximum Gasteiger partial charge on any atom is 0.497 e. The van der Waals surface area contributed by atoms with Crippen LogP contribution < -0.4 is 15.3 Å². The zero-order chi connectivity index (χ0) is 32.3. The van der Waals surface area contributed by atoms with Crippen molar-refractivity contribution >= 4 is 30.0 Å². The van der Waals surface area contributed by atoms with Gasteiger partial charge in [0.05, 0.1) is 39.6 Å². The van der Waals surface area contributed by atoms with Gasteiger partial charge in [0.25, 0.3) is 0 Å². The maximum atomic E-state index is 14.0. The van der Waals surface area contributed by atoms with Gasteiger partial charge in [-0.1, -0.05) is 0 Å². The molecule has 0 bridgehead atoms. The van der Waals surface area contributed by atoms with Crippen LogP contribution in [0.25, 0.3) is 0 Å². The highest BCUT2D eigenvalue weighted by molar-refractivity contribution is 6.64. The Morgan fingerprint density at radius 3 is 1.79 bits per heavy atom. The number of piperazine rings is 1. The first-order valence-electron chi connectivity index (χ1n) is 13.9. The van der Waals surface area contributed by atoms with Crippen LogP contribution in [0.3, 0.4) is 0 Å². The fourth-order valence-corrected chi connectivity index (χ4v) is 5.07. The zero-order valence-electron chi connectivity index (χ0n) is 25.6. The lowest BCUT2D eigenvalue weighted by Gasteiger charge is -2.35. The number of benzene rings is 1. The Labute approximate surface area is 248 Å². The topological polar surface area (TPSA) is 58.1 Å². The molecule has 2 saturated heterocycles. The molecule has 3 heterocycles. The van der Waals surface area contributed by atoms with Gasteiger partial charge in [-0.05, 0) is 78.4 Å². The van der Waals surface area contributed by atoms with Gasteiger partial charge in [-0.15, -0.1) is 0 Å². The van der Waals surface area contributed by atoms with Crippen molar-refractivity contribution in [1.82, 2.24) is 9.88 Å². The molecule has 0 radical (unpaired) electrons. The summed E-state index contributed by atoms with van der Waals surface area (Å²) in [7, 11) is 2.51. The SMILES string of the molecule is CN1CCN(c2cc(B3OC(C)(C)C(C)(C)O3)c(N(C)C(=O)C(C)(C)c3cc(C(F)(F)F)cc(C(F)(F)F)c3)cn2)CC1. The Kier molecular flexibility index (Phi) is 8.42. The van der Waals surface area contributed by atoms with E-state index in [9.17, 15) is 31.1 Å². The van der Waals surface area contributed by atoms with E-state index in [2.05, 4.69) is 14.8 Å². The molecular weight excluding hydrogens is 577 g/mol. The van der Waals surface area contributed by atoms with Gasteiger partial charge in [-0.3, -0.25) is 4.79 Å². The highest BCUT2D eigenvalue weighted by Gasteiger charge is 2.53. The van der Waals surface area contributed by atoms with Crippen LogP contribution in [0.1, 0.15) is 58.2 Å². The second-order valence-corrected chi connectivity index (χ2v) is 12.8. The summed E-state index contributed by atoms with van der Waals surface area (Å²) in [4.78, 5) is 24.0. The number of pyridine rings is 1. The van der Waals surface area contributed by atoms with Crippen molar-refractivity contribution in [3.63, 3.8) is 0 Å². The van der Waals surface area contributed by atoms with E-state index in [0.717, 1.165) is 13.1 Å². The fourth-order valence-electron chi connectivity index (χ4n) is 5.07. The average molecular weight is 614 g/mol. The number of carbonyl (C=O) groups excluding carboxylic acids is 1. The molecule has 0 spiro atoms. The van der Waals surface area contributed by atoms with Crippen molar-refractivity contribution < 1.29 is 40.4 Å². The van der Waals surface area contributed by atoms with Crippen LogP contribution in [-0.2, 0) is 31.9 Å². The molecule has 2 aromatic rings. The van der Waals surface area contributed by atoms with Crippen LogP contribution in [0.5, 0.6) is 0 Å². The number of alkyl halides is 6. The van der Waals surface area contributed by atoms with E-state index in [0.29, 0.717) is 36.5 Å². The van der Waals surface area contributed by atoms with Crippen molar-refractivity contribution in [3.8, 4) is 0 Å². The second kappa shape index (κ2) is 11.0. The summed E-state index contributed by atoms with van der Waals surface area (Å²) in [5.74, 6) is -0.110. The summed E-state index contributed by atoms with van der Waals surface area (Å²) < 4.78 is 94.2. The maximum absolute atomic E-state index is 14.0. The minimum absolute atomic E-state index is 0.0468. The summed E-state index contributed by atoms with van der Waals surface area (Å²) in [6.45, 7) is 13.1. The molecule has 236 valence electrons. The first-order valence-corrected chi connectivity index (χ1v) is 13.9. The van der Waals surface area contributed by atoms with Gasteiger partial charge in [0.1, 0.15) is 5.82 Å². The highest BCUT2D eigenvalue weighted by atomic mass is 19.4. The highest BCUT2D eigenvalue weighted by Crippen LogP contribution is 2.41. The van der Waals surface area contributed by atoms with E-state index in [1.807, 2.05) is 34.7 Å². The quantitative estimate of drug-likeness (QED) is 0.345. The van der Waals surface area contributed by atoms with Crippen molar-refractivity contribution in [2.75, 3.05) is 50.1 Å². The van der Waals surface area contributed by atoms with Crippen LogP contribution in [0, 0.1) is 0 Å². The fraction of sp³-hybridized carbons (Fsp3) is 0.586. The van der Waals surface area contributed by atoms with Crippen LogP contribution in [0.15, 0.2) is 30.5 Å². The standard InChI is InChI=1S/C29H37BF6N4O3/c1-25(2,18-13-19(28(31,32)33)15-20(14-18)29(34,35)36)24(41)39(8)22-17-37-23(40-11-9-38(7)10-12-40)16-21(22)30-42-26(3,4)27(5,6)43-30/h13-17H,9-12H2,1-8H3. The molecular formula is C29H37BF6N4O3. The Morgan fingerprint density at radius 1 is 0.860 bits per heavy atom. The summed E-state index contributed by atoms with van der Waals surface area (Å²) in [6.07, 6.45) is -8.63. The van der Waals surface area contributed by atoms with E-state index < -0.39 is 58.7 Å². The number of hydrogen-bond donors (Lipinski definition) is 0. The number of nitrogens with zero attached hydrogens (tertiary/aromatic N) is 4. The minimum atomic E-state index is -5.05. The molecule has 4 rings (SSSR count). The average Bonchev–Trinajstić information content (AvgIpc) is 3.13. The summed E-state index contributed by atoms with van der Waals surface area (Å²) >= 11 is 0. The third kappa shape index (κ3) is 6.51. The predicted octanol–water partition coefficient (Wildman–Crippen LogP) is 5.11. The molecule has 2 aliphatic rings. The summed E-state index contributed by atoms with van der Waals surface area (Å²) in [6, 6.07) is 2.99. The Balaban J connectivity index is 1.78. The molecule has 0 aliphatic carbocycles. The van der Waals surface area contributed by atoms with Gasteiger partial charge in [0, 0.05) is 38.7 Å². The molecule has 0 N–H and O–H groups in total. The molecule has 43 heavy (non-hydrogen) atoms. The molecule has 2 fully saturated rings. The van der Waals surface area contributed by atoms with Crippen LogP contribution in [-0.4, -0.2) is 74.4 Å². The van der Waals surface area contributed by atoms with Gasteiger partial charge in [-0.25, -0.2) is 4.98 Å².